The second-order valence-electron chi connectivity index (χ2n) is 3.20. The summed E-state index contributed by atoms with van der Waals surface area (Å²) in [7, 11) is -3.28. The number of hydrogen-bond donors (Lipinski definition) is 3. The van der Waals surface area contributed by atoms with Crippen molar-refractivity contribution in [2.75, 3.05) is 22.8 Å². The maximum absolute atomic E-state index is 10.9. The van der Waals surface area contributed by atoms with Crippen LogP contribution in [0.2, 0.25) is 0 Å². The van der Waals surface area contributed by atoms with Gasteiger partial charge in [-0.15, -0.1) is 0 Å². The van der Waals surface area contributed by atoms with Crippen molar-refractivity contribution in [2.24, 2.45) is 5.73 Å². The van der Waals surface area contributed by atoms with Gasteiger partial charge in [0.2, 0.25) is 15.9 Å². The van der Waals surface area contributed by atoms with Crippen LogP contribution in [0.5, 0.6) is 0 Å². The van der Waals surface area contributed by atoms with Crippen molar-refractivity contribution in [3.8, 4) is 0 Å². The molecule has 0 aliphatic carbocycles. The van der Waals surface area contributed by atoms with Gasteiger partial charge in [-0.2, -0.15) is 0 Å². The summed E-state index contributed by atoms with van der Waals surface area (Å²) in [6, 6.07) is 6.27. The van der Waals surface area contributed by atoms with Crippen LogP contribution in [0.25, 0.3) is 0 Å². The molecular formula is C9H13N3O3S. The van der Waals surface area contributed by atoms with Crippen LogP contribution in [0, 0.1) is 0 Å². The first-order chi connectivity index (χ1) is 7.40. The molecule has 0 saturated carbocycles. The highest BCUT2D eigenvalue weighted by molar-refractivity contribution is 7.92. The monoisotopic (exact) mass is 243 g/mol. The molecule has 1 amide bonds. The zero-order chi connectivity index (χ0) is 12.2. The second-order valence-corrected chi connectivity index (χ2v) is 4.95. The molecule has 7 heteroatoms. The van der Waals surface area contributed by atoms with E-state index >= 15 is 0 Å². The molecule has 0 bridgehead atoms. The van der Waals surface area contributed by atoms with E-state index in [4.69, 9.17) is 5.73 Å². The van der Waals surface area contributed by atoms with Crippen LogP contribution in [0.4, 0.5) is 11.4 Å². The number of nitrogens with two attached hydrogens (primary N) is 1. The second kappa shape index (κ2) is 4.95. The molecule has 16 heavy (non-hydrogen) atoms. The quantitative estimate of drug-likeness (QED) is 0.690. The van der Waals surface area contributed by atoms with E-state index in [-0.39, 0.29) is 12.5 Å². The predicted molar refractivity (Wildman–Crippen MR) is 62.6 cm³/mol. The van der Waals surface area contributed by atoms with Crippen LogP contribution in [0.15, 0.2) is 24.3 Å². The van der Waals surface area contributed by atoms with E-state index in [0.29, 0.717) is 11.4 Å². The summed E-state index contributed by atoms with van der Waals surface area (Å²) < 4.78 is 24.1. The van der Waals surface area contributed by atoms with Gasteiger partial charge in [0, 0.05) is 11.4 Å². The van der Waals surface area contributed by atoms with Crippen molar-refractivity contribution in [2.45, 2.75) is 0 Å². The Morgan fingerprint density at radius 2 is 1.75 bits per heavy atom. The van der Waals surface area contributed by atoms with E-state index in [1.807, 2.05) is 0 Å². The van der Waals surface area contributed by atoms with E-state index in [1.165, 1.54) is 0 Å². The van der Waals surface area contributed by atoms with Gasteiger partial charge in [-0.3, -0.25) is 9.52 Å². The molecule has 0 aliphatic rings. The number of rotatable bonds is 4. The molecule has 6 nitrogen and oxygen atoms in total. The van der Waals surface area contributed by atoms with E-state index in [2.05, 4.69) is 10.0 Å². The number of amides is 1. The lowest BCUT2D eigenvalue weighted by Crippen LogP contribution is -2.21. The third kappa shape index (κ3) is 4.28. The SMILES string of the molecule is CS(=O)(=O)Nc1ccc(NC(=O)CN)cc1. The van der Waals surface area contributed by atoms with Gasteiger partial charge in [0.05, 0.1) is 12.8 Å². The lowest BCUT2D eigenvalue weighted by molar-refractivity contribution is -0.114. The van der Waals surface area contributed by atoms with Crippen molar-refractivity contribution >= 4 is 27.3 Å². The standard InChI is InChI=1S/C9H13N3O3S/c1-16(14,15)12-8-4-2-7(3-5-8)11-9(13)6-10/h2-5,12H,6,10H2,1H3,(H,11,13). The van der Waals surface area contributed by atoms with E-state index < -0.39 is 10.0 Å². The minimum absolute atomic E-state index is 0.0939. The zero-order valence-electron chi connectivity index (χ0n) is 8.73. The molecule has 0 aromatic heterocycles. The maximum atomic E-state index is 10.9. The maximum Gasteiger partial charge on any atom is 0.238 e. The highest BCUT2D eigenvalue weighted by atomic mass is 32.2. The fourth-order valence-electron chi connectivity index (χ4n) is 1.05. The van der Waals surface area contributed by atoms with Crippen LogP contribution in [0.3, 0.4) is 0 Å². The average Bonchev–Trinajstić information content (AvgIpc) is 2.18. The Balaban J connectivity index is 2.72. The van der Waals surface area contributed by atoms with Gasteiger partial charge in [-0.05, 0) is 24.3 Å². The van der Waals surface area contributed by atoms with Crippen LogP contribution in [-0.4, -0.2) is 27.1 Å². The molecule has 0 atom stereocenters. The number of nitrogens with one attached hydrogen (secondary N) is 2. The lowest BCUT2D eigenvalue weighted by atomic mass is 10.3. The fourth-order valence-corrected chi connectivity index (χ4v) is 1.61. The van der Waals surface area contributed by atoms with Gasteiger partial charge in [0.15, 0.2) is 0 Å². The third-order valence-electron chi connectivity index (χ3n) is 1.66. The highest BCUT2D eigenvalue weighted by Gasteiger charge is 2.02. The number of hydrogen-bond acceptors (Lipinski definition) is 4. The molecule has 1 rings (SSSR count). The summed E-state index contributed by atoms with van der Waals surface area (Å²) in [5, 5.41) is 2.54. The first kappa shape index (κ1) is 12.5. The Labute approximate surface area is 93.9 Å². The predicted octanol–water partition coefficient (Wildman–Crippen LogP) is -0.0447. The van der Waals surface area contributed by atoms with Gasteiger partial charge in [-0.1, -0.05) is 0 Å². The first-order valence-corrected chi connectivity index (χ1v) is 6.37. The smallest absolute Gasteiger partial charge is 0.238 e. The molecule has 0 fully saturated rings. The molecule has 0 aliphatic heterocycles. The highest BCUT2D eigenvalue weighted by Crippen LogP contribution is 2.14. The molecule has 1 aromatic carbocycles. The summed E-state index contributed by atoms with van der Waals surface area (Å²) in [5.41, 5.74) is 6.13. The van der Waals surface area contributed by atoms with E-state index in [9.17, 15) is 13.2 Å². The Morgan fingerprint density at radius 1 is 1.25 bits per heavy atom. The van der Waals surface area contributed by atoms with Crippen molar-refractivity contribution in [3.63, 3.8) is 0 Å². The Bertz CT molecular complexity index is 467. The van der Waals surface area contributed by atoms with Gasteiger partial charge in [0.1, 0.15) is 0 Å². The minimum atomic E-state index is -3.28. The van der Waals surface area contributed by atoms with Crippen molar-refractivity contribution < 1.29 is 13.2 Å². The van der Waals surface area contributed by atoms with E-state index in [1.54, 1.807) is 24.3 Å². The summed E-state index contributed by atoms with van der Waals surface area (Å²) in [5.74, 6) is -0.302. The van der Waals surface area contributed by atoms with E-state index in [0.717, 1.165) is 6.26 Å². The minimum Gasteiger partial charge on any atom is -0.325 e. The molecule has 0 heterocycles. The molecule has 88 valence electrons. The van der Waals surface area contributed by atoms with Crippen molar-refractivity contribution in [1.82, 2.24) is 0 Å². The van der Waals surface area contributed by atoms with Gasteiger partial charge in [-0.25, -0.2) is 8.42 Å². The van der Waals surface area contributed by atoms with Crippen LogP contribution >= 0.6 is 0 Å². The van der Waals surface area contributed by atoms with Crippen LogP contribution in [-0.2, 0) is 14.8 Å². The lowest BCUT2D eigenvalue weighted by Gasteiger charge is -2.06. The average molecular weight is 243 g/mol. The third-order valence-corrected chi connectivity index (χ3v) is 2.26. The molecular weight excluding hydrogens is 230 g/mol. The Morgan fingerprint density at radius 3 is 2.19 bits per heavy atom. The zero-order valence-corrected chi connectivity index (χ0v) is 9.54. The number of anilines is 2. The molecule has 1 aromatic rings. The summed E-state index contributed by atoms with van der Waals surface area (Å²) in [6.07, 6.45) is 1.07. The molecule has 0 unspecified atom stereocenters. The number of benzene rings is 1. The van der Waals surface area contributed by atoms with Crippen molar-refractivity contribution in [3.05, 3.63) is 24.3 Å². The van der Waals surface area contributed by atoms with Crippen molar-refractivity contribution in [1.29, 1.82) is 0 Å². The fraction of sp³-hybridized carbons (Fsp3) is 0.222. The molecule has 4 N–H and O–H groups in total. The first-order valence-electron chi connectivity index (χ1n) is 4.48. The normalized spacial score (nSPS) is 10.9. The van der Waals surface area contributed by atoms with Gasteiger partial charge in [0.25, 0.3) is 0 Å². The van der Waals surface area contributed by atoms with Crippen LogP contribution < -0.4 is 15.8 Å². The van der Waals surface area contributed by atoms with Gasteiger partial charge < -0.3 is 11.1 Å². The van der Waals surface area contributed by atoms with Gasteiger partial charge >= 0.3 is 0 Å². The topological polar surface area (TPSA) is 101 Å². The number of carbonyl (C=O) groups excluding carboxylic acids is 1. The number of sulfonamides is 1. The summed E-state index contributed by atoms with van der Waals surface area (Å²) in [6.45, 7) is -0.0939. The summed E-state index contributed by atoms with van der Waals surface area (Å²) >= 11 is 0. The molecule has 0 spiro atoms. The Kier molecular flexibility index (Phi) is 3.86. The Hall–Kier alpha value is -1.60. The van der Waals surface area contributed by atoms with Crippen LogP contribution in [0.1, 0.15) is 0 Å². The number of carbonyl (C=O) groups is 1. The molecule has 0 radical (unpaired) electrons. The molecule has 0 saturated heterocycles. The summed E-state index contributed by atoms with van der Waals surface area (Å²) in [4.78, 5) is 10.9. The largest absolute Gasteiger partial charge is 0.325 e.